The summed E-state index contributed by atoms with van der Waals surface area (Å²) in [6.45, 7) is 6.13. The first-order valence-electron chi connectivity index (χ1n) is 7.74. The standard InChI is InChI=1S/C16H19ClN4OS/c1-2-14-15(23-19-18-14)16(22)21-9-7-20(8-10-21)11-12-3-5-13(17)6-4-12/h3-6H,2,7-11H2,1H3. The maximum atomic E-state index is 12.6. The predicted octanol–water partition coefficient (Wildman–Crippen LogP) is 2.71. The number of carbonyl (C=O) groups is 1. The molecule has 0 spiro atoms. The topological polar surface area (TPSA) is 49.3 Å². The summed E-state index contributed by atoms with van der Waals surface area (Å²) in [6.07, 6.45) is 0.744. The van der Waals surface area contributed by atoms with Gasteiger partial charge in [0.15, 0.2) is 0 Å². The Morgan fingerprint density at radius 2 is 1.91 bits per heavy atom. The summed E-state index contributed by atoms with van der Waals surface area (Å²) in [5.41, 5.74) is 2.05. The Kier molecular flexibility index (Phi) is 5.25. The molecule has 1 aliphatic rings. The van der Waals surface area contributed by atoms with Gasteiger partial charge < -0.3 is 4.90 Å². The lowest BCUT2D eigenvalue weighted by Crippen LogP contribution is -2.48. The van der Waals surface area contributed by atoms with Gasteiger partial charge in [0.25, 0.3) is 5.91 Å². The van der Waals surface area contributed by atoms with Crippen LogP contribution in [0.25, 0.3) is 0 Å². The van der Waals surface area contributed by atoms with Gasteiger partial charge >= 0.3 is 0 Å². The molecule has 5 nitrogen and oxygen atoms in total. The van der Waals surface area contributed by atoms with Crippen molar-refractivity contribution in [1.82, 2.24) is 19.4 Å². The summed E-state index contributed by atoms with van der Waals surface area (Å²) in [5.74, 6) is 0.0722. The van der Waals surface area contributed by atoms with Gasteiger partial charge in [0.05, 0.1) is 5.69 Å². The minimum Gasteiger partial charge on any atom is -0.335 e. The number of nitrogens with zero attached hydrogens (tertiary/aromatic N) is 4. The van der Waals surface area contributed by atoms with Gasteiger partial charge in [-0.1, -0.05) is 35.1 Å². The second-order valence-electron chi connectivity index (χ2n) is 5.60. The van der Waals surface area contributed by atoms with Gasteiger partial charge in [0.2, 0.25) is 0 Å². The number of aromatic nitrogens is 2. The van der Waals surface area contributed by atoms with Crippen molar-refractivity contribution < 1.29 is 4.79 Å². The second-order valence-corrected chi connectivity index (χ2v) is 6.79. The highest BCUT2D eigenvalue weighted by Crippen LogP contribution is 2.17. The zero-order chi connectivity index (χ0) is 16.2. The van der Waals surface area contributed by atoms with Gasteiger partial charge in [-0.05, 0) is 35.6 Å². The summed E-state index contributed by atoms with van der Waals surface area (Å²) in [6, 6.07) is 7.94. The average Bonchev–Trinajstić information content (AvgIpc) is 3.06. The third-order valence-electron chi connectivity index (χ3n) is 4.06. The Morgan fingerprint density at radius 1 is 1.22 bits per heavy atom. The Balaban J connectivity index is 1.56. The third-order valence-corrected chi connectivity index (χ3v) is 5.07. The quantitative estimate of drug-likeness (QED) is 0.850. The first-order valence-corrected chi connectivity index (χ1v) is 8.90. The molecule has 3 rings (SSSR count). The van der Waals surface area contributed by atoms with E-state index in [-0.39, 0.29) is 5.91 Å². The zero-order valence-corrected chi connectivity index (χ0v) is 14.6. The van der Waals surface area contributed by atoms with E-state index in [1.807, 2.05) is 24.0 Å². The summed E-state index contributed by atoms with van der Waals surface area (Å²) >= 11 is 7.12. The molecule has 1 aliphatic heterocycles. The SMILES string of the molecule is CCc1nnsc1C(=O)N1CCN(Cc2ccc(Cl)cc2)CC1. The van der Waals surface area contributed by atoms with Crippen LogP contribution in [0.1, 0.15) is 27.9 Å². The molecule has 1 saturated heterocycles. The van der Waals surface area contributed by atoms with E-state index >= 15 is 0 Å². The Labute approximate surface area is 145 Å². The van der Waals surface area contributed by atoms with Crippen LogP contribution in [-0.2, 0) is 13.0 Å². The van der Waals surface area contributed by atoms with Crippen molar-refractivity contribution in [1.29, 1.82) is 0 Å². The molecule has 0 aliphatic carbocycles. The van der Waals surface area contributed by atoms with E-state index in [4.69, 9.17) is 11.6 Å². The zero-order valence-electron chi connectivity index (χ0n) is 13.0. The lowest BCUT2D eigenvalue weighted by atomic mass is 10.2. The van der Waals surface area contributed by atoms with Gasteiger partial charge in [-0.15, -0.1) is 5.10 Å². The fourth-order valence-electron chi connectivity index (χ4n) is 2.70. The number of halogens is 1. The minimum absolute atomic E-state index is 0.0722. The molecule has 1 amide bonds. The first kappa shape index (κ1) is 16.4. The summed E-state index contributed by atoms with van der Waals surface area (Å²) in [4.78, 5) is 17.5. The first-order chi connectivity index (χ1) is 11.2. The molecular formula is C16H19ClN4OS. The molecule has 0 atom stereocenters. The van der Waals surface area contributed by atoms with E-state index in [0.717, 1.165) is 49.9 Å². The maximum Gasteiger partial charge on any atom is 0.267 e. The van der Waals surface area contributed by atoms with E-state index in [1.54, 1.807) is 0 Å². The molecule has 122 valence electrons. The lowest BCUT2D eigenvalue weighted by Gasteiger charge is -2.34. The molecule has 0 bridgehead atoms. The van der Waals surface area contributed by atoms with E-state index in [0.29, 0.717) is 4.88 Å². The van der Waals surface area contributed by atoms with Crippen LogP contribution in [0.2, 0.25) is 5.02 Å². The highest BCUT2D eigenvalue weighted by Gasteiger charge is 2.25. The molecule has 1 fully saturated rings. The van der Waals surface area contributed by atoms with Crippen molar-refractivity contribution in [2.45, 2.75) is 19.9 Å². The van der Waals surface area contributed by atoms with Crippen LogP contribution in [0.5, 0.6) is 0 Å². The van der Waals surface area contributed by atoms with Crippen molar-refractivity contribution in [3.05, 3.63) is 45.4 Å². The Hall–Kier alpha value is -1.50. The molecule has 0 unspecified atom stereocenters. The summed E-state index contributed by atoms with van der Waals surface area (Å²) in [5, 5.41) is 4.79. The fraction of sp³-hybridized carbons (Fsp3) is 0.438. The molecule has 23 heavy (non-hydrogen) atoms. The number of carbonyl (C=O) groups excluding carboxylic acids is 1. The fourth-order valence-corrected chi connectivity index (χ4v) is 3.55. The van der Waals surface area contributed by atoms with E-state index < -0.39 is 0 Å². The van der Waals surface area contributed by atoms with E-state index in [2.05, 4.69) is 26.6 Å². The Morgan fingerprint density at radius 3 is 2.57 bits per heavy atom. The van der Waals surface area contributed by atoms with Crippen LogP contribution in [0.4, 0.5) is 0 Å². The number of aryl methyl sites for hydroxylation is 1. The van der Waals surface area contributed by atoms with Crippen LogP contribution in [-0.4, -0.2) is 51.5 Å². The molecule has 0 radical (unpaired) electrons. The normalized spacial score (nSPS) is 15.8. The van der Waals surface area contributed by atoms with Crippen LogP contribution in [0, 0.1) is 0 Å². The molecular weight excluding hydrogens is 332 g/mol. The smallest absolute Gasteiger partial charge is 0.267 e. The van der Waals surface area contributed by atoms with Gasteiger partial charge in [-0.25, -0.2) is 0 Å². The van der Waals surface area contributed by atoms with Crippen molar-refractivity contribution in [2.75, 3.05) is 26.2 Å². The van der Waals surface area contributed by atoms with E-state index in [1.165, 1.54) is 17.1 Å². The molecule has 1 aromatic heterocycles. The van der Waals surface area contributed by atoms with Gasteiger partial charge in [-0.2, -0.15) is 0 Å². The summed E-state index contributed by atoms with van der Waals surface area (Å²) in [7, 11) is 0. The lowest BCUT2D eigenvalue weighted by molar-refractivity contribution is 0.0632. The Bertz CT molecular complexity index is 665. The monoisotopic (exact) mass is 350 g/mol. The van der Waals surface area contributed by atoms with Gasteiger partial charge in [0.1, 0.15) is 4.88 Å². The molecule has 2 aromatic rings. The average molecular weight is 351 g/mol. The van der Waals surface area contributed by atoms with Gasteiger partial charge in [-0.3, -0.25) is 9.69 Å². The number of amides is 1. The number of rotatable bonds is 4. The number of piperazine rings is 1. The maximum absolute atomic E-state index is 12.6. The van der Waals surface area contributed by atoms with Crippen LogP contribution in [0.15, 0.2) is 24.3 Å². The van der Waals surface area contributed by atoms with Crippen LogP contribution < -0.4 is 0 Å². The second kappa shape index (κ2) is 7.38. The third kappa shape index (κ3) is 3.88. The largest absolute Gasteiger partial charge is 0.335 e. The van der Waals surface area contributed by atoms with Crippen molar-refractivity contribution >= 4 is 29.0 Å². The number of benzene rings is 1. The summed E-state index contributed by atoms with van der Waals surface area (Å²) < 4.78 is 3.91. The molecule has 2 heterocycles. The van der Waals surface area contributed by atoms with Gasteiger partial charge in [0, 0.05) is 37.7 Å². The molecule has 7 heteroatoms. The van der Waals surface area contributed by atoms with Crippen molar-refractivity contribution in [2.24, 2.45) is 0 Å². The number of hydrogen-bond acceptors (Lipinski definition) is 5. The molecule has 1 aromatic carbocycles. The molecule has 0 saturated carbocycles. The van der Waals surface area contributed by atoms with Crippen molar-refractivity contribution in [3.8, 4) is 0 Å². The van der Waals surface area contributed by atoms with Crippen LogP contribution in [0.3, 0.4) is 0 Å². The predicted molar refractivity (Wildman–Crippen MR) is 91.9 cm³/mol. The van der Waals surface area contributed by atoms with Crippen molar-refractivity contribution in [3.63, 3.8) is 0 Å². The van der Waals surface area contributed by atoms with E-state index in [9.17, 15) is 4.79 Å². The highest BCUT2D eigenvalue weighted by atomic mass is 35.5. The highest BCUT2D eigenvalue weighted by molar-refractivity contribution is 7.08. The number of hydrogen-bond donors (Lipinski definition) is 0. The van der Waals surface area contributed by atoms with Crippen LogP contribution >= 0.6 is 23.1 Å². The molecule has 0 N–H and O–H groups in total. The minimum atomic E-state index is 0.0722.